The third-order valence-electron chi connectivity index (χ3n) is 6.33. The monoisotopic (exact) mass is 606 g/mol. The summed E-state index contributed by atoms with van der Waals surface area (Å²) in [5.41, 5.74) is 1.40. The van der Waals surface area contributed by atoms with Gasteiger partial charge in [0.1, 0.15) is 17.9 Å². The van der Waals surface area contributed by atoms with Crippen molar-refractivity contribution in [3.05, 3.63) is 48.2 Å². The number of anilines is 2. The molecule has 226 valence electrons. The molecule has 0 saturated carbocycles. The van der Waals surface area contributed by atoms with Crippen molar-refractivity contribution < 1.29 is 35.9 Å². The number of ether oxygens (including phenoxy) is 2. The Bertz CT molecular complexity index is 1640. The summed E-state index contributed by atoms with van der Waals surface area (Å²) in [5, 5.41) is 7.02. The lowest BCUT2D eigenvalue weighted by atomic mass is 10.1. The van der Waals surface area contributed by atoms with Gasteiger partial charge in [0.25, 0.3) is 0 Å². The predicted molar refractivity (Wildman–Crippen MR) is 155 cm³/mol. The Hall–Kier alpha value is -4.05. The largest absolute Gasteiger partial charge is 0.495 e. The second-order valence-corrected chi connectivity index (χ2v) is 13.0. The highest BCUT2D eigenvalue weighted by Gasteiger charge is 2.34. The second kappa shape index (κ2) is 11.7. The maximum Gasteiger partial charge on any atom is 0.410 e. The molecule has 0 radical (unpaired) electrons. The van der Waals surface area contributed by atoms with Gasteiger partial charge in [-0.3, -0.25) is 0 Å². The molecule has 9 nitrogen and oxygen atoms in total. The van der Waals surface area contributed by atoms with Crippen LogP contribution >= 0.6 is 0 Å². The number of benzene rings is 2. The van der Waals surface area contributed by atoms with Crippen molar-refractivity contribution in [2.45, 2.75) is 50.0 Å². The Morgan fingerprint density at radius 1 is 1.10 bits per heavy atom. The molecular weight excluding hydrogens is 573 g/mol. The summed E-state index contributed by atoms with van der Waals surface area (Å²) in [6.07, 6.45) is -2.33. The van der Waals surface area contributed by atoms with Gasteiger partial charge in [0.15, 0.2) is 9.84 Å². The van der Waals surface area contributed by atoms with Crippen molar-refractivity contribution in [2.75, 3.05) is 43.6 Å². The first-order valence-electron chi connectivity index (χ1n) is 13.1. The van der Waals surface area contributed by atoms with E-state index in [-0.39, 0.29) is 17.5 Å². The average Bonchev–Trinajstić information content (AvgIpc) is 3.23. The number of aromatic nitrogens is 1. The number of carbonyl (C=O) groups excluding carboxylic acids is 1. The Balaban J connectivity index is 1.53. The Morgan fingerprint density at radius 3 is 2.43 bits per heavy atom. The lowest BCUT2D eigenvalue weighted by Crippen LogP contribution is -2.57. The number of carbonyl (C=O) groups is 1. The zero-order valence-electron chi connectivity index (χ0n) is 23.9. The minimum Gasteiger partial charge on any atom is -0.495 e. The zero-order chi connectivity index (χ0) is 30.9. The Labute approximate surface area is 242 Å². The predicted octanol–water partition coefficient (Wildman–Crippen LogP) is 5.11. The van der Waals surface area contributed by atoms with Crippen LogP contribution in [0.1, 0.15) is 26.3 Å². The first kappa shape index (κ1) is 30.9. The molecule has 13 heteroatoms. The number of rotatable bonds is 7. The SMILES string of the molecule is COc1cc(S(C)(=O)=O)ccc1NCC#Cc1cc(NC2CN(C(=O)OC(C)(C)C)C2)c2ccn(CC(F)(F)F)c2c1. The van der Waals surface area contributed by atoms with Gasteiger partial charge >= 0.3 is 12.3 Å². The van der Waals surface area contributed by atoms with Gasteiger partial charge in [-0.1, -0.05) is 11.8 Å². The molecule has 0 bridgehead atoms. The Kier molecular flexibility index (Phi) is 8.59. The van der Waals surface area contributed by atoms with Crippen LogP contribution in [0.4, 0.5) is 29.3 Å². The molecule has 4 rings (SSSR count). The van der Waals surface area contributed by atoms with Crippen LogP contribution in [-0.2, 0) is 21.1 Å². The quantitative estimate of drug-likeness (QED) is 0.361. The normalized spacial score (nSPS) is 14.1. The van der Waals surface area contributed by atoms with E-state index in [2.05, 4.69) is 22.5 Å². The highest BCUT2D eigenvalue weighted by Crippen LogP contribution is 2.31. The molecule has 2 aromatic carbocycles. The molecule has 0 spiro atoms. The number of amides is 1. The summed E-state index contributed by atoms with van der Waals surface area (Å²) >= 11 is 0. The summed E-state index contributed by atoms with van der Waals surface area (Å²) < 4.78 is 75.2. The van der Waals surface area contributed by atoms with Crippen molar-refractivity contribution in [1.29, 1.82) is 0 Å². The summed E-state index contributed by atoms with van der Waals surface area (Å²) in [6.45, 7) is 5.15. The van der Waals surface area contributed by atoms with E-state index in [0.717, 1.165) is 10.8 Å². The first-order chi connectivity index (χ1) is 19.5. The van der Waals surface area contributed by atoms with Crippen LogP contribution in [0.5, 0.6) is 5.75 Å². The van der Waals surface area contributed by atoms with E-state index in [0.29, 0.717) is 46.7 Å². The van der Waals surface area contributed by atoms with E-state index >= 15 is 0 Å². The number of methoxy groups -OCH3 is 1. The molecule has 1 aromatic heterocycles. The summed E-state index contributed by atoms with van der Waals surface area (Å²) in [7, 11) is -1.98. The number of alkyl halides is 3. The van der Waals surface area contributed by atoms with Crippen LogP contribution < -0.4 is 15.4 Å². The van der Waals surface area contributed by atoms with Crippen molar-refractivity contribution in [2.24, 2.45) is 0 Å². The van der Waals surface area contributed by atoms with E-state index in [1.807, 2.05) is 0 Å². The third kappa shape index (κ3) is 7.82. The van der Waals surface area contributed by atoms with Crippen LogP contribution in [0, 0.1) is 11.8 Å². The fourth-order valence-corrected chi connectivity index (χ4v) is 5.05. The van der Waals surface area contributed by atoms with Crippen molar-refractivity contribution in [3.63, 3.8) is 0 Å². The minimum atomic E-state index is -4.40. The smallest absolute Gasteiger partial charge is 0.410 e. The minimum absolute atomic E-state index is 0.112. The number of nitrogens with zero attached hydrogens (tertiary/aromatic N) is 2. The number of sulfone groups is 1. The van der Waals surface area contributed by atoms with Gasteiger partial charge < -0.3 is 29.6 Å². The molecule has 1 aliphatic rings. The van der Waals surface area contributed by atoms with E-state index in [1.54, 1.807) is 49.9 Å². The molecule has 1 saturated heterocycles. The van der Waals surface area contributed by atoms with Gasteiger partial charge in [-0.2, -0.15) is 13.2 Å². The molecule has 0 unspecified atom stereocenters. The lowest BCUT2D eigenvalue weighted by molar-refractivity contribution is -0.139. The maximum atomic E-state index is 13.3. The van der Waals surface area contributed by atoms with Crippen molar-refractivity contribution >= 4 is 38.2 Å². The van der Waals surface area contributed by atoms with Crippen LogP contribution in [0.3, 0.4) is 0 Å². The summed E-state index contributed by atoms with van der Waals surface area (Å²) in [5.74, 6) is 6.29. The van der Waals surface area contributed by atoms with Gasteiger partial charge in [-0.15, -0.1) is 0 Å². The molecule has 2 heterocycles. The topological polar surface area (TPSA) is 102 Å². The molecular formula is C29H33F3N4O5S. The summed E-state index contributed by atoms with van der Waals surface area (Å²) in [4.78, 5) is 14.0. The third-order valence-corrected chi connectivity index (χ3v) is 7.44. The van der Waals surface area contributed by atoms with Gasteiger partial charge in [-0.05, 0) is 51.1 Å². The standard InChI is InChI=1S/C29H33F3N4O5S/c1-28(2,3)41-27(37)36-16-20(17-36)34-24-13-19(14-25-22(24)10-12-35(25)18-29(30,31)32)7-6-11-33-23-9-8-21(42(5,38)39)15-26(23)40-4/h8-10,12-15,20,33-34H,11,16-18H2,1-5H3. The highest BCUT2D eigenvalue weighted by molar-refractivity contribution is 7.90. The molecule has 1 aliphatic heterocycles. The van der Waals surface area contributed by atoms with Crippen molar-refractivity contribution in [1.82, 2.24) is 9.47 Å². The number of hydrogen-bond donors (Lipinski definition) is 2. The summed E-state index contributed by atoms with van der Waals surface area (Å²) in [6, 6.07) is 9.33. The maximum absolute atomic E-state index is 13.3. The van der Waals surface area contributed by atoms with Gasteiger partial charge in [0.2, 0.25) is 0 Å². The van der Waals surface area contributed by atoms with Crippen molar-refractivity contribution in [3.8, 4) is 17.6 Å². The molecule has 0 aliphatic carbocycles. The Morgan fingerprint density at radius 2 is 1.81 bits per heavy atom. The fraction of sp³-hybridized carbons (Fsp3) is 0.414. The van der Waals surface area contributed by atoms with Gasteiger partial charge in [0, 0.05) is 48.2 Å². The number of nitrogens with one attached hydrogen (secondary N) is 2. The number of fused-ring (bicyclic) bond motifs is 1. The van der Waals surface area contributed by atoms with Crippen LogP contribution in [-0.4, -0.2) is 74.8 Å². The molecule has 1 amide bonds. The number of likely N-dealkylation sites (tertiary alicyclic amines) is 1. The van der Waals surface area contributed by atoms with E-state index in [4.69, 9.17) is 9.47 Å². The molecule has 2 N–H and O–H groups in total. The lowest BCUT2D eigenvalue weighted by Gasteiger charge is -2.40. The van der Waals surface area contributed by atoms with Gasteiger partial charge in [0.05, 0.1) is 35.8 Å². The molecule has 0 atom stereocenters. The van der Waals surface area contributed by atoms with E-state index in [9.17, 15) is 26.4 Å². The zero-order valence-corrected chi connectivity index (χ0v) is 24.7. The van der Waals surface area contributed by atoms with E-state index in [1.165, 1.54) is 25.4 Å². The van der Waals surface area contributed by atoms with Crippen LogP contribution in [0.15, 0.2) is 47.5 Å². The number of halogens is 3. The first-order valence-corrected chi connectivity index (χ1v) is 15.0. The van der Waals surface area contributed by atoms with E-state index < -0.39 is 34.3 Å². The second-order valence-electron chi connectivity index (χ2n) is 11.0. The molecule has 42 heavy (non-hydrogen) atoms. The van der Waals surface area contributed by atoms with Crippen LogP contribution in [0.2, 0.25) is 0 Å². The highest BCUT2D eigenvalue weighted by atomic mass is 32.2. The van der Waals surface area contributed by atoms with Crippen LogP contribution in [0.25, 0.3) is 10.9 Å². The fourth-order valence-electron chi connectivity index (χ4n) is 4.42. The number of hydrogen-bond acceptors (Lipinski definition) is 7. The molecule has 3 aromatic rings. The molecule has 1 fully saturated rings. The van der Waals surface area contributed by atoms with Gasteiger partial charge in [-0.25, -0.2) is 13.2 Å². The average molecular weight is 607 g/mol.